The number of hydrogen-bond acceptors (Lipinski definition) is 4. The highest BCUT2D eigenvalue weighted by molar-refractivity contribution is 5.73. The normalized spacial score (nSPS) is 10.2. The first-order valence-electron chi connectivity index (χ1n) is 6.26. The maximum absolute atomic E-state index is 6.08. The van der Waals surface area contributed by atoms with Gasteiger partial charge >= 0.3 is 0 Å². The molecule has 19 heavy (non-hydrogen) atoms. The maximum Gasteiger partial charge on any atom is 0.143 e. The summed E-state index contributed by atoms with van der Waals surface area (Å²) in [4.78, 5) is 6.44. The van der Waals surface area contributed by atoms with Crippen molar-refractivity contribution >= 4 is 11.4 Å². The van der Waals surface area contributed by atoms with E-state index in [2.05, 4.69) is 9.88 Å². The van der Waals surface area contributed by atoms with Crippen molar-refractivity contribution in [2.24, 2.45) is 0 Å². The van der Waals surface area contributed by atoms with Gasteiger partial charge in [0.1, 0.15) is 5.75 Å². The van der Waals surface area contributed by atoms with Gasteiger partial charge in [0.25, 0.3) is 0 Å². The third-order valence-corrected chi connectivity index (χ3v) is 3.10. The summed E-state index contributed by atoms with van der Waals surface area (Å²) in [5, 5.41) is 0. The molecule has 1 heterocycles. The van der Waals surface area contributed by atoms with Gasteiger partial charge in [-0.05, 0) is 24.3 Å². The number of para-hydroxylation sites is 1. The van der Waals surface area contributed by atoms with E-state index >= 15 is 0 Å². The van der Waals surface area contributed by atoms with Gasteiger partial charge in [0.05, 0.1) is 18.5 Å². The van der Waals surface area contributed by atoms with Crippen LogP contribution in [0.3, 0.4) is 0 Å². The van der Waals surface area contributed by atoms with Crippen LogP contribution in [0.4, 0.5) is 11.4 Å². The second kappa shape index (κ2) is 6.09. The van der Waals surface area contributed by atoms with E-state index in [1.165, 1.54) is 0 Å². The summed E-state index contributed by atoms with van der Waals surface area (Å²) in [6.07, 6.45) is 2.70. The van der Waals surface area contributed by atoms with Gasteiger partial charge in [-0.25, -0.2) is 0 Å². The molecular formula is C15H19N3O. The molecule has 0 spiro atoms. The number of anilines is 2. The van der Waals surface area contributed by atoms with Crippen LogP contribution in [0.15, 0.2) is 42.6 Å². The van der Waals surface area contributed by atoms with Crippen molar-refractivity contribution in [3.63, 3.8) is 0 Å². The summed E-state index contributed by atoms with van der Waals surface area (Å²) in [6, 6.07) is 11.8. The molecule has 2 aromatic rings. The molecule has 0 saturated heterocycles. The Morgan fingerprint density at radius 1 is 1.21 bits per heavy atom. The molecular weight excluding hydrogens is 238 g/mol. The molecule has 0 aliphatic rings. The topological polar surface area (TPSA) is 51.4 Å². The number of nitrogens with zero attached hydrogens (tertiary/aromatic N) is 2. The van der Waals surface area contributed by atoms with E-state index in [-0.39, 0.29) is 0 Å². The molecule has 0 aliphatic heterocycles. The summed E-state index contributed by atoms with van der Waals surface area (Å²) in [6.45, 7) is 0.856. The van der Waals surface area contributed by atoms with Crippen LogP contribution in [-0.4, -0.2) is 25.7 Å². The Labute approximate surface area is 113 Å². The Bertz CT molecular complexity index is 528. The molecule has 0 atom stereocenters. The Morgan fingerprint density at radius 2 is 2.05 bits per heavy atom. The number of aromatic nitrogens is 1. The summed E-state index contributed by atoms with van der Waals surface area (Å²) in [7, 11) is 3.65. The largest absolute Gasteiger partial charge is 0.495 e. The van der Waals surface area contributed by atoms with E-state index < -0.39 is 0 Å². The van der Waals surface area contributed by atoms with E-state index in [0.717, 1.165) is 24.3 Å². The molecule has 4 nitrogen and oxygen atoms in total. The molecule has 4 heteroatoms. The van der Waals surface area contributed by atoms with Gasteiger partial charge in [-0.1, -0.05) is 12.1 Å². The van der Waals surface area contributed by atoms with Gasteiger partial charge in [-0.3, -0.25) is 4.98 Å². The molecule has 1 aromatic carbocycles. The smallest absolute Gasteiger partial charge is 0.143 e. The minimum atomic E-state index is 0.675. The van der Waals surface area contributed by atoms with Crippen LogP contribution in [0, 0.1) is 0 Å². The molecule has 100 valence electrons. The van der Waals surface area contributed by atoms with E-state index in [0.29, 0.717) is 11.4 Å². The van der Waals surface area contributed by atoms with Crippen molar-refractivity contribution in [3.8, 4) is 5.75 Å². The minimum absolute atomic E-state index is 0.675. The van der Waals surface area contributed by atoms with Crippen molar-refractivity contribution in [2.75, 3.05) is 31.3 Å². The third kappa shape index (κ3) is 3.16. The fraction of sp³-hybridized carbons (Fsp3) is 0.267. The zero-order chi connectivity index (χ0) is 13.7. The average molecular weight is 257 g/mol. The van der Waals surface area contributed by atoms with Gasteiger partial charge in [0.2, 0.25) is 0 Å². The number of rotatable bonds is 5. The third-order valence-electron chi connectivity index (χ3n) is 3.10. The highest BCUT2D eigenvalue weighted by atomic mass is 16.5. The minimum Gasteiger partial charge on any atom is -0.495 e. The van der Waals surface area contributed by atoms with Crippen LogP contribution in [-0.2, 0) is 6.42 Å². The first-order chi connectivity index (χ1) is 9.22. The lowest BCUT2D eigenvalue weighted by molar-refractivity contribution is 0.417. The Kier molecular flexibility index (Phi) is 4.23. The summed E-state index contributed by atoms with van der Waals surface area (Å²) in [5.41, 5.74) is 8.82. The van der Waals surface area contributed by atoms with E-state index in [1.807, 2.05) is 49.6 Å². The number of ether oxygens (including phenoxy) is 1. The molecule has 0 fully saturated rings. The molecule has 0 aliphatic carbocycles. The second-order valence-electron chi connectivity index (χ2n) is 4.39. The molecule has 0 amide bonds. The number of benzene rings is 1. The molecule has 0 saturated carbocycles. The number of likely N-dealkylation sites (N-methyl/N-ethyl adjacent to an activating group) is 1. The number of hydrogen-bond donors (Lipinski definition) is 1. The van der Waals surface area contributed by atoms with Crippen LogP contribution in [0.2, 0.25) is 0 Å². The van der Waals surface area contributed by atoms with Gasteiger partial charge in [-0.2, -0.15) is 0 Å². The highest BCUT2D eigenvalue weighted by Crippen LogP contribution is 2.31. The number of nitrogens with two attached hydrogens (primary N) is 1. The molecule has 2 N–H and O–H groups in total. The van der Waals surface area contributed by atoms with E-state index in [1.54, 1.807) is 7.11 Å². The monoisotopic (exact) mass is 257 g/mol. The van der Waals surface area contributed by atoms with Crippen LogP contribution < -0.4 is 15.4 Å². The summed E-state index contributed by atoms with van der Waals surface area (Å²) < 4.78 is 5.23. The predicted octanol–water partition coefficient (Wildman–Crippen LogP) is 2.35. The lowest BCUT2D eigenvalue weighted by Gasteiger charge is -2.22. The fourth-order valence-corrected chi connectivity index (χ4v) is 1.99. The highest BCUT2D eigenvalue weighted by Gasteiger charge is 2.09. The van der Waals surface area contributed by atoms with E-state index in [9.17, 15) is 0 Å². The van der Waals surface area contributed by atoms with Crippen LogP contribution in [0.1, 0.15) is 5.69 Å². The lowest BCUT2D eigenvalue weighted by atomic mass is 10.2. The zero-order valence-electron chi connectivity index (χ0n) is 11.3. The van der Waals surface area contributed by atoms with E-state index in [4.69, 9.17) is 10.5 Å². The fourth-order valence-electron chi connectivity index (χ4n) is 1.99. The van der Waals surface area contributed by atoms with Gasteiger partial charge in [0.15, 0.2) is 0 Å². The number of nitrogen functional groups attached to an aromatic ring is 1. The van der Waals surface area contributed by atoms with Gasteiger partial charge in [-0.15, -0.1) is 0 Å². The van der Waals surface area contributed by atoms with Crippen molar-refractivity contribution < 1.29 is 4.74 Å². The van der Waals surface area contributed by atoms with Crippen molar-refractivity contribution in [1.82, 2.24) is 4.98 Å². The predicted molar refractivity (Wildman–Crippen MR) is 78.6 cm³/mol. The van der Waals surface area contributed by atoms with Gasteiger partial charge < -0.3 is 15.4 Å². The van der Waals surface area contributed by atoms with Crippen LogP contribution in [0.25, 0.3) is 0 Å². The molecule has 0 radical (unpaired) electrons. The van der Waals surface area contributed by atoms with Crippen molar-refractivity contribution in [3.05, 3.63) is 48.3 Å². The Morgan fingerprint density at radius 3 is 2.74 bits per heavy atom. The first-order valence-corrected chi connectivity index (χ1v) is 6.26. The standard InChI is InChI=1S/C15H19N3O/c1-18(11-9-12-6-3-4-10-17-12)13-7-5-8-14(19-2)15(13)16/h3-8,10H,9,11,16H2,1-2H3. The molecule has 1 aromatic heterocycles. The second-order valence-corrected chi connectivity index (χ2v) is 4.39. The van der Waals surface area contributed by atoms with Crippen LogP contribution in [0.5, 0.6) is 5.75 Å². The number of pyridine rings is 1. The van der Waals surface area contributed by atoms with Gasteiger partial charge in [0, 0.05) is 31.9 Å². The first kappa shape index (κ1) is 13.2. The molecule has 2 rings (SSSR count). The zero-order valence-corrected chi connectivity index (χ0v) is 11.3. The molecule has 0 bridgehead atoms. The Hall–Kier alpha value is -2.23. The summed E-state index contributed by atoms with van der Waals surface area (Å²) >= 11 is 0. The van der Waals surface area contributed by atoms with Crippen molar-refractivity contribution in [2.45, 2.75) is 6.42 Å². The van der Waals surface area contributed by atoms with Crippen molar-refractivity contribution in [1.29, 1.82) is 0 Å². The quantitative estimate of drug-likeness (QED) is 0.835. The Balaban J connectivity index is 2.06. The number of methoxy groups -OCH3 is 1. The average Bonchev–Trinajstić information content (AvgIpc) is 2.46. The lowest BCUT2D eigenvalue weighted by Crippen LogP contribution is -2.21. The SMILES string of the molecule is COc1cccc(N(C)CCc2ccccn2)c1N. The maximum atomic E-state index is 6.08. The molecule has 0 unspecified atom stereocenters. The summed E-state index contributed by atoms with van der Waals surface area (Å²) in [5.74, 6) is 0.710. The van der Waals surface area contributed by atoms with Crippen LogP contribution >= 0.6 is 0 Å².